The van der Waals surface area contributed by atoms with Crippen LogP contribution in [-0.4, -0.2) is 31.3 Å². The van der Waals surface area contributed by atoms with E-state index < -0.39 is 0 Å². The van der Waals surface area contributed by atoms with Crippen molar-refractivity contribution in [3.05, 3.63) is 96.2 Å². The number of furan rings is 1. The number of benzene rings is 2. The molecule has 0 spiro atoms. The summed E-state index contributed by atoms with van der Waals surface area (Å²) >= 11 is 1.39. The molecule has 2 aromatic heterocycles. The molecule has 1 aliphatic carbocycles. The number of amides is 1. The Balaban J connectivity index is 1.30. The van der Waals surface area contributed by atoms with Gasteiger partial charge >= 0.3 is 0 Å². The van der Waals surface area contributed by atoms with Gasteiger partial charge in [0.25, 0.3) is 0 Å². The van der Waals surface area contributed by atoms with E-state index in [4.69, 9.17) is 14.5 Å². The maximum Gasteiger partial charge on any atom is 0.233 e. The number of para-hydroxylation sites is 1. The lowest BCUT2D eigenvalue weighted by molar-refractivity contribution is -0.129. The van der Waals surface area contributed by atoms with Crippen molar-refractivity contribution in [1.82, 2.24) is 19.7 Å². The minimum Gasteiger partial charge on any atom is -0.467 e. The second-order valence-corrected chi connectivity index (χ2v) is 8.82. The van der Waals surface area contributed by atoms with E-state index in [0.717, 1.165) is 35.7 Å². The number of carbonyl (C=O) groups is 1. The zero-order valence-electron chi connectivity index (χ0n) is 17.6. The smallest absolute Gasteiger partial charge is 0.233 e. The second-order valence-electron chi connectivity index (χ2n) is 7.88. The highest BCUT2D eigenvalue weighted by molar-refractivity contribution is 7.99. The third-order valence-corrected chi connectivity index (χ3v) is 6.20. The Labute approximate surface area is 191 Å². The van der Waals surface area contributed by atoms with Crippen molar-refractivity contribution < 1.29 is 9.21 Å². The van der Waals surface area contributed by atoms with E-state index in [1.165, 1.54) is 11.8 Å². The van der Waals surface area contributed by atoms with Crippen LogP contribution in [0.15, 0.2) is 88.6 Å². The van der Waals surface area contributed by atoms with Gasteiger partial charge in [0.15, 0.2) is 0 Å². The van der Waals surface area contributed by atoms with Gasteiger partial charge in [-0.05, 0) is 42.7 Å². The first-order chi connectivity index (χ1) is 15.8. The van der Waals surface area contributed by atoms with Gasteiger partial charge in [0.05, 0.1) is 24.2 Å². The summed E-state index contributed by atoms with van der Waals surface area (Å²) in [7, 11) is 0. The van der Waals surface area contributed by atoms with E-state index in [9.17, 15) is 4.79 Å². The van der Waals surface area contributed by atoms with Crippen LogP contribution in [0.3, 0.4) is 0 Å². The molecule has 5 rings (SSSR count). The normalized spacial score (nSPS) is 13.2. The number of thioether (sulfide) groups is 1. The van der Waals surface area contributed by atoms with E-state index in [1.54, 1.807) is 6.26 Å². The second kappa shape index (κ2) is 9.44. The fourth-order valence-corrected chi connectivity index (χ4v) is 4.31. The van der Waals surface area contributed by atoms with Crippen molar-refractivity contribution in [2.45, 2.75) is 37.0 Å². The third-order valence-electron chi connectivity index (χ3n) is 5.38. The van der Waals surface area contributed by atoms with E-state index in [2.05, 4.69) is 0 Å². The Morgan fingerprint density at radius 2 is 1.75 bits per heavy atom. The SMILES string of the molecule is O=C(CSc1nc(C2CC2)n(-c2ccccc2)n1)N(Cc1ccccc1)Cc1ccco1. The Hall–Kier alpha value is -3.32. The lowest BCUT2D eigenvalue weighted by Gasteiger charge is -2.21. The van der Waals surface area contributed by atoms with Gasteiger partial charge in [-0.15, -0.1) is 5.10 Å². The van der Waals surface area contributed by atoms with Crippen molar-refractivity contribution in [3.8, 4) is 5.69 Å². The van der Waals surface area contributed by atoms with Gasteiger partial charge in [-0.2, -0.15) is 0 Å². The summed E-state index contributed by atoms with van der Waals surface area (Å²) in [4.78, 5) is 19.7. The summed E-state index contributed by atoms with van der Waals surface area (Å²) in [6.45, 7) is 0.959. The molecule has 162 valence electrons. The fraction of sp³-hybridized carbons (Fsp3) is 0.240. The Morgan fingerprint density at radius 3 is 2.44 bits per heavy atom. The molecule has 0 unspecified atom stereocenters. The fourth-order valence-electron chi connectivity index (χ4n) is 3.57. The lowest BCUT2D eigenvalue weighted by Crippen LogP contribution is -2.31. The minimum absolute atomic E-state index is 0.0271. The lowest BCUT2D eigenvalue weighted by atomic mass is 10.2. The van der Waals surface area contributed by atoms with Gasteiger partial charge in [-0.25, -0.2) is 9.67 Å². The summed E-state index contributed by atoms with van der Waals surface area (Å²) in [6, 6.07) is 23.8. The predicted molar refractivity (Wildman–Crippen MR) is 123 cm³/mol. The molecule has 0 N–H and O–H groups in total. The van der Waals surface area contributed by atoms with Crippen LogP contribution in [0.1, 0.15) is 35.9 Å². The first-order valence-electron chi connectivity index (χ1n) is 10.8. The average molecular weight is 445 g/mol. The van der Waals surface area contributed by atoms with Crippen LogP contribution in [0.25, 0.3) is 5.69 Å². The first-order valence-corrected chi connectivity index (χ1v) is 11.7. The molecule has 0 atom stereocenters. The topological polar surface area (TPSA) is 64.2 Å². The molecule has 1 saturated carbocycles. The van der Waals surface area contributed by atoms with Gasteiger partial charge in [-0.3, -0.25) is 4.79 Å². The summed E-state index contributed by atoms with van der Waals surface area (Å²) in [6.07, 6.45) is 3.92. The van der Waals surface area contributed by atoms with E-state index >= 15 is 0 Å². The number of carbonyl (C=O) groups excluding carboxylic acids is 1. The molecule has 0 radical (unpaired) electrons. The predicted octanol–water partition coefficient (Wildman–Crippen LogP) is 5.06. The Bertz CT molecular complexity index is 1160. The van der Waals surface area contributed by atoms with Crippen molar-refractivity contribution in [1.29, 1.82) is 0 Å². The minimum atomic E-state index is 0.0271. The van der Waals surface area contributed by atoms with Crippen LogP contribution in [0.2, 0.25) is 0 Å². The number of aromatic nitrogens is 3. The number of rotatable bonds is 9. The van der Waals surface area contributed by atoms with Gasteiger partial charge in [-0.1, -0.05) is 60.3 Å². The highest BCUT2D eigenvalue weighted by atomic mass is 32.2. The summed E-state index contributed by atoms with van der Waals surface area (Å²) in [5.74, 6) is 2.52. The molecule has 0 bridgehead atoms. The number of hydrogen-bond acceptors (Lipinski definition) is 5. The molecule has 7 heteroatoms. The van der Waals surface area contributed by atoms with Gasteiger partial charge in [0, 0.05) is 12.5 Å². The molecule has 2 heterocycles. The highest BCUT2D eigenvalue weighted by Crippen LogP contribution is 2.40. The van der Waals surface area contributed by atoms with Crippen LogP contribution in [-0.2, 0) is 17.9 Å². The zero-order chi connectivity index (χ0) is 21.8. The maximum atomic E-state index is 13.2. The van der Waals surface area contributed by atoms with E-state index in [-0.39, 0.29) is 11.7 Å². The summed E-state index contributed by atoms with van der Waals surface area (Å²) < 4.78 is 7.41. The Kier molecular flexibility index (Phi) is 6.07. The molecule has 0 aliphatic heterocycles. The van der Waals surface area contributed by atoms with Crippen LogP contribution >= 0.6 is 11.8 Å². The molecule has 32 heavy (non-hydrogen) atoms. The van der Waals surface area contributed by atoms with Crippen molar-refractivity contribution in [2.24, 2.45) is 0 Å². The monoisotopic (exact) mass is 444 g/mol. The maximum absolute atomic E-state index is 13.2. The van der Waals surface area contributed by atoms with Crippen LogP contribution in [0.5, 0.6) is 0 Å². The van der Waals surface area contributed by atoms with Gasteiger partial charge in [0.1, 0.15) is 11.6 Å². The van der Waals surface area contributed by atoms with E-state index in [1.807, 2.05) is 82.4 Å². The molecular formula is C25H24N4O2S. The molecular weight excluding hydrogens is 420 g/mol. The van der Waals surface area contributed by atoms with Crippen LogP contribution in [0.4, 0.5) is 0 Å². The van der Waals surface area contributed by atoms with Crippen LogP contribution < -0.4 is 0 Å². The molecule has 0 saturated heterocycles. The quantitative estimate of drug-likeness (QED) is 0.338. The van der Waals surface area contributed by atoms with Crippen molar-refractivity contribution in [3.63, 3.8) is 0 Å². The van der Waals surface area contributed by atoms with Crippen LogP contribution in [0, 0.1) is 0 Å². The number of hydrogen-bond donors (Lipinski definition) is 0. The summed E-state index contributed by atoms with van der Waals surface area (Å²) in [5, 5.41) is 5.35. The largest absolute Gasteiger partial charge is 0.467 e. The zero-order valence-corrected chi connectivity index (χ0v) is 18.4. The van der Waals surface area contributed by atoms with Crippen molar-refractivity contribution >= 4 is 17.7 Å². The average Bonchev–Trinajstić information content (AvgIpc) is 3.38. The van der Waals surface area contributed by atoms with Crippen molar-refractivity contribution in [2.75, 3.05) is 5.75 Å². The highest BCUT2D eigenvalue weighted by Gasteiger charge is 2.30. The molecule has 2 aromatic carbocycles. The van der Waals surface area contributed by atoms with Gasteiger partial charge < -0.3 is 9.32 Å². The molecule has 4 aromatic rings. The van der Waals surface area contributed by atoms with E-state index in [0.29, 0.717) is 24.2 Å². The molecule has 6 nitrogen and oxygen atoms in total. The molecule has 1 fully saturated rings. The molecule has 1 aliphatic rings. The Morgan fingerprint density at radius 1 is 1.00 bits per heavy atom. The van der Waals surface area contributed by atoms with Gasteiger partial charge in [0.2, 0.25) is 11.1 Å². The summed E-state index contributed by atoms with van der Waals surface area (Å²) in [5.41, 5.74) is 2.09. The standard InChI is InChI=1S/C25H24N4O2S/c30-23(28(17-22-12-7-15-31-22)16-19-8-3-1-4-9-19)18-32-25-26-24(20-13-14-20)29(27-25)21-10-5-2-6-11-21/h1-12,15,20H,13-14,16-18H2. The first kappa shape index (κ1) is 20.6. The molecule has 1 amide bonds. The third kappa shape index (κ3) is 4.94. The number of nitrogens with zero attached hydrogens (tertiary/aromatic N) is 4.